The molecule has 0 spiro atoms. The van der Waals surface area contributed by atoms with Crippen molar-refractivity contribution in [1.82, 2.24) is 0 Å². The van der Waals surface area contributed by atoms with Gasteiger partial charge in [0.25, 0.3) is 0 Å². The van der Waals surface area contributed by atoms with Gasteiger partial charge in [-0.1, -0.05) is 72.8 Å². The van der Waals surface area contributed by atoms with Gasteiger partial charge in [0.2, 0.25) is 0 Å². The zero-order chi connectivity index (χ0) is 22.1. The number of nitrogens with two attached hydrogens (primary N) is 1. The van der Waals surface area contributed by atoms with Crippen LogP contribution in [0.4, 0.5) is 0 Å². The highest BCUT2D eigenvalue weighted by atomic mass is 16.5. The van der Waals surface area contributed by atoms with Crippen LogP contribution < -0.4 is 10.5 Å². The van der Waals surface area contributed by atoms with Crippen LogP contribution in [0, 0.1) is 5.92 Å². The third-order valence-corrected chi connectivity index (χ3v) is 5.34. The van der Waals surface area contributed by atoms with E-state index in [4.69, 9.17) is 10.5 Å². The number of carboxylic acids is 1. The van der Waals surface area contributed by atoms with Crippen molar-refractivity contribution in [3.63, 3.8) is 0 Å². The lowest BCUT2D eigenvalue weighted by Crippen LogP contribution is -2.39. The highest BCUT2D eigenvalue weighted by molar-refractivity contribution is 5.70. The highest BCUT2D eigenvalue weighted by Crippen LogP contribution is 2.19. The van der Waals surface area contributed by atoms with Crippen LogP contribution in [-0.2, 0) is 24.2 Å². The summed E-state index contributed by atoms with van der Waals surface area (Å²) in [5, 5.41) is 20.1. The first-order valence-corrected chi connectivity index (χ1v) is 10.5. The lowest BCUT2D eigenvalue weighted by molar-refractivity contribution is -0.142. The normalized spacial score (nSPS) is 13.9. The first-order chi connectivity index (χ1) is 15.0. The van der Waals surface area contributed by atoms with Crippen molar-refractivity contribution in [2.45, 2.75) is 38.0 Å². The molecule has 0 aromatic heterocycles. The summed E-state index contributed by atoms with van der Waals surface area (Å²) < 4.78 is 5.79. The molecule has 3 aromatic rings. The van der Waals surface area contributed by atoms with Gasteiger partial charge in [0.05, 0.1) is 12.0 Å². The predicted octanol–water partition coefficient (Wildman–Crippen LogP) is 3.83. The Kier molecular flexibility index (Phi) is 8.21. The average molecular weight is 420 g/mol. The SMILES string of the molecule is N[C@@H](Cc1ccc(OCc2ccccc2)cc1)[C@@H](O)C[C@@H](Cc1ccccc1)C(=O)O. The Balaban J connectivity index is 1.51. The molecule has 0 aliphatic carbocycles. The van der Waals surface area contributed by atoms with Crippen LogP contribution in [-0.4, -0.2) is 28.3 Å². The molecule has 0 unspecified atom stereocenters. The Hall–Kier alpha value is -3.15. The van der Waals surface area contributed by atoms with Gasteiger partial charge in [0.15, 0.2) is 0 Å². The summed E-state index contributed by atoms with van der Waals surface area (Å²) >= 11 is 0. The number of aliphatic carboxylic acids is 1. The Morgan fingerprint density at radius 3 is 1.94 bits per heavy atom. The molecule has 0 amide bonds. The molecule has 0 bridgehead atoms. The van der Waals surface area contributed by atoms with Crippen molar-refractivity contribution in [2.24, 2.45) is 11.7 Å². The fraction of sp³-hybridized carbons (Fsp3) is 0.269. The zero-order valence-corrected chi connectivity index (χ0v) is 17.4. The molecule has 3 atom stereocenters. The van der Waals surface area contributed by atoms with E-state index in [-0.39, 0.29) is 6.42 Å². The zero-order valence-electron chi connectivity index (χ0n) is 17.4. The molecule has 31 heavy (non-hydrogen) atoms. The van der Waals surface area contributed by atoms with Crippen molar-refractivity contribution in [3.05, 3.63) is 102 Å². The Morgan fingerprint density at radius 2 is 1.35 bits per heavy atom. The van der Waals surface area contributed by atoms with E-state index in [2.05, 4.69) is 0 Å². The van der Waals surface area contributed by atoms with Crippen LogP contribution in [0.2, 0.25) is 0 Å². The van der Waals surface area contributed by atoms with Crippen LogP contribution >= 0.6 is 0 Å². The summed E-state index contributed by atoms with van der Waals surface area (Å²) in [6.07, 6.45) is 0.0355. The van der Waals surface area contributed by atoms with Crippen molar-refractivity contribution in [2.75, 3.05) is 0 Å². The second-order valence-electron chi connectivity index (χ2n) is 7.81. The van der Waals surface area contributed by atoms with Gasteiger partial charge in [-0.3, -0.25) is 4.79 Å². The average Bonchev–Trinajstić information content (AvgIpc) is 2.79. The van der Waals surface area contributed by atoms with Gasteiger partial charge in [0, 0.05) is 6.04 Å². The number of carboxylic acid groups (broad SMARTS) is 1. The molecular weight excluding hydrogens is 390 g/mol. The van der Waals surface area contributed by atoms with E-state index in [9.17, 15) is 15.0 Å². The number of aliphatic hydroxyl groups is 1. The number of carbonyl (C=O) groups is 1. The second kappa shape index (κ2) is 11.3. The molecular formula is C26H29NO4. The molecule has 0 fully saturated rings. The molecule has 0 aliphatic heterocycles. The van der Waals surface area contributed by atoms with Gasteiger partial charge in [-0.15, -0.1) is 0 Å². The minimum absolute atomic E-state index is 0.115. The van der Waals surface area contributed by atoms with Crippen molar-refractivity contribution in [3.8, 4) is 5.75 Å². The second-order valence-corrected chi connectivity index (χ2v) is 7.81. The van der Waals surface area contributed by atoms with Gasteiger partial charge < -0.3 is 20.7 Å². The van der Waals surface area contributed by atoms with Crippen molar-refractivity contribution in [1.29, 1.82) is 0 Å². The minimum atomic E-state index is -0.921. The molecule has 3 aromatic carbocycles. The number of ether oxygens (including phenoxy) is 1. The van der Waals surface area contributed by atoms with Gasteiger partial charge in [0.1, 0.15) is 12.4 Å². The van der Waals surface area contributed by atoms with E-state index in [0.717, 1.165) is 22.4 Å². The molecule has 162 valence electrons. The third-order valence-electron chi connectivity index (χ3n) is 5.34. The molecule has 5 heteroatoms. The van der Waals surface area contributed by atoms with Crippen molar-refractivity contribution >= 4 is 5.97 Å². The minimum Gasteiger partial charge on any atom is -0.489 e. The largest absolute Gasteiger partial charge is 0.489 e. The maximum absolute atomic E-state index is 11.7. The van der Waals surface area contributed by atoms with Crippen LogP contribution in [0.25, 0.3) is 0 Å². The van der Waals surface area contributed by atoms with E-state index < -0.39 is 24.0 Å². The van der Waals surface area contributed by atoms with Gasteiger partial charge in [-0.25, -0.2) is 0 Å². The van der Waals surface area contributed by atoms with E-state index in [1.165, 1.54) is 0 Å². The maximum Gasteiger partial charge on any atom is 0.306 e. The predicted molar refractivity (Wildman–Crippen MR) is 121 cm³/mol. The summed E-state index contributed by atoms with van der Waals surface area (Å²) in [6, 6.07) is 26.4. The Morgan fingerprint density at radius 1 is 0.806 bits per heavy atom. The van der Waals surface area contributed by atoms with E-state index >= 15 is 0 Å². The standard InChI is InChI=1S/C26H29NO4/c27-24(25(28)17-22(26(29)30)15-19-7-3-1-4-8-19)16-20-11-13-23(14-12-20)31-18-21-9-5-2-6-10-21/h1-14,22,24-25,28H,15-18,27H2,(H,29,30)/t22-,24+,25+/m1/s1. The fourth-order valence-electron chi connectivity index (χ4n) is 3.51. The Labute approximate surface area is 183 Å². The van der Waals surface area contributed by atoms with Gasteiger partial charge in [-0.05, 0) is 48.1 Å². The Bertz CT molecular complexity index is 929. The van der Waals surface area contributed by atoms with Crippen LogP contribution in [0.1, 0.15) is 23.1 Å². The monoisotopic (exact) mass is 419 g/mol. The fourth-order valence-corrected chi connectivity index (χ4v) is 3.51. The number of aliphatic hydroxyl groups excluding tert-OH is 1. The molecule has 0 heterocycles. The van der Waals surface area contributed by atoms with Crippen molar-refractivity contribution < 1.29 is 19.7 Å². The summed E-state index contributed by atoms with van der Waals surface area (Å²) in [5.41, 5.74) is 9.19. The summed E-state index contributed by atoms with van der Waals surface area (Å²) in [6.45, 7) is 0.496. The number of hydrogen-bond acceptors (Lipinski definition) is 4. The van der Waals surface area contributed by atoms with Crippen LogP contribution in [0.5, 0.6) is 5.75 Å². The molecule has 0 aliphatic rings. The van der Waals surface area contributed by atoms with Crippen LogP contribution in [0.15, 0.2) is 84.9 Å². The summed E-state index contributed by atoms with van der Waals surface area (Å²) in [4.78, 5) is 11.7. The van der Waals surface area contributed by atoms with E-state index in [1.807, 2.05) is 84.9 Å². The molecule has 0 saturated carbocycles. The maximum atomic E-state index is 11.7. The summed E-state index contributed by atoms with van der Waals surface area (Å²) in [5.74, 6) is -0.845. The molecule has 3 rings (SSSR count). The molecule has 0 saturated heterocycles. The van der Waals surface area contributed by atoms with E-state index in [1.54, 1.807) is 0 Å². The van der Waals surface area contributed by atoms with Crippen LogP contribution in [0.3, 0.4) is 0 Å². The lowest BCUT2D eigenvalue weighted by Gasteiger charge is -2.22. The smallest absolute Gasteiger partial charge is 0.306 e. The summed E-state index contributed by atoms with van der Waals surface area (Å²) in [7, 11) is 0. The van der Waals surface area contributed by atoms with E-state index in [0.29, 0.717) is 19.4 Å². The molecule has 5 nitrogen and oxygen atoms in total. The molecule has 0 radical (unpaired) electrons. The van der Waals surface area contributed by atoms with Gasteiger partial charge in [-0.2, -0.15) is 0 Å². The first-order valence-electron chi connectivity index (χ1n) is 10.5. The number of rotatable bonds is 11. The third kappa shape index (κ3) is 7.24. The highest BCUT2D eigenvalue weighted by Gasteiger charge is 2.25. The number of hydrogen-bond donors (Lipinski definition) is 3. The number of benzene rings is 3. The topological polar surface area (TPSA) is 92.8 Å². The van der Waals surface area contributed by atoms with Gasteiger partial charge >= 0.3 is 5.97 Å². The quantitative estimate of drug-likeness (QED) is 0.439. The first kappa shape index (κ1) is 22.5. The lowest BCUT2D eigenvalue weighted by atomic mass is 9.90. The molecule has 4 N–H and O–H groups in total.